The van der Waals surface area contributed by atoms with E-state index >= 15 is 0 Å². The highest BCUT2D eigenvalue weighted by Gasteiger charge is 2.42. The Balaban J connectivity index is 2.15. The molecule has 2 heterocycles. The molecule has 1 saturated heterocycles. The van der Waals surface area contributed by atoms with Crippen molar-refractivity contribution in [2.24, 2.45) is 0 Å². The Hall–Kier alpha value is -1.52. The molecular weight excluding hydrogens is 234 g/mol. The lowest BCUT2D eigenvalue weighted by molar-refractivity contribution is -0.153. The summed E-state index contributed by atoms with van der Waals surface area (Å²) in [7, 11) is 0. The molecule has 5 nitrogen and oxygen atoms in total. The first-order valence-electron chi connectivity index (χ1n) is 6.42. The van der Waals surface area contributed by atoms with E-state index in [1.165, 1.54) is 6.92 Å². The fourth-order valence-corrected chi connectivity index (χ4v) is 2.74. The van der Waals surface area contributed by atoms with Crippen LogP contribution in [0.3, 0.4) is 0 Å². The topological polar surface area (TPSA) is 55.8 Å². The van der Waals surface area contributed by atoms with Gasteiger partial charge in [-0.15, -0.1) is 0 Å². The molecule has 2 aliphatic heterocycles. The average Bonchev–Trinajstić information content (AvgIpc) is 2.32. The van der Waals surface area contributed by atoms with Crippen molar-refractivity contribution in [1.82, 2.24) is 4.90 Å². The molecular formula is C13H19NO4. The number of esters is 1. The lowest BCUT2D eigenvalue weighted by atomic mass is 9.87. The van der Waals surface area contributed by atoms with Crippen LogP contribution in [0.15, 0.2) is 12.2 Å². The average molecular weight is 253 g/mol. The van der Waals surface area contributed by atoms with Crippen molar-refractivity contribution in [3.63, 3.8) is 0 Å². The van der Waals surface area contributed by atoms with Crippen LogP contribution >= 0.6 is 0 Å². The van der Waals surface area contributed by atoms with Crippen LogP contribution in [0.1, 0.15) is 33.1 Å². The van der Waals surface area contributed by atoms with Crippen LogP contribution in [-0.4, -0.2) is 41.8 Å². The summed E-state index contributed by atoms with van der Waals surface area (Å²) in [5.41, 5.74) is 0. The van der Waals surface area contributed by atoms with Crippen molar-refractivity contribution in [3.8, 4) is 0 Å². The maximum absolute atomic E-state index is 12.0. The van der Waals surface area contributed by atoms with Gasteiger partial charge < -0.3 is 9.47 Å². The van der Waals surface area contributed by atoms with Crippen molar-refractivity contribution in [1.29, 1.82) is 0 Å². The largest absolute Gasteiger partial charge is 0.460 e. The molecule has 18 heavy (non-hydrogen) atoms. The van der Waals surface area contributed by atoms with Crippen molar-refractivity contribution in [2.75, 3.05) is 6.61 Å². The number of rotatable bonds is 2. The van der Waals surface area contributed by atoms with E-state index in [-0.39, 0.29) is 30.3 Å². The van der Waals surface area contributed by atoms with Gasteiger partial charge in [-0.05, 0) is 26.2 Å². The highest BCUT2D eigenvalue weighted by Crippen LogP contribution is 2.32. The van der Waals surface area contributed by atoms with E-state index in [1.54, 1.807) is 11.8 Å². The highest BCUT2D eigenvalue weighted by molar-refractivity contribution is 5.70. The summed E-state index contributed by atoms with van der Waals surface area (Å²) in [6.45, 7) is 3.55. The molecule has 0 N–H and O–H groups in total. The highest BCUT2D eigenvalue weighted by atomic mass is 16.6. The first-order valence-corrected chi connectivity index (χ1v) is 6.42. The van der Waals surface area contributed by atoms with Crippen LogP contribution in [0.2, 0.25) is 0 Å². The third-order valence-corrected chi connectivity index (χ3v) is 3.42. The number of amides is 1. The summed E-state index contributed by atoms with van der Waals surface area (Å²) in [5, 5.41) is 0. The third-order valence-electron chi connectivity index (χ3n) is 3.42. The Morgan fingerprint density at radius 1 is 1.39 bits per heavy atom. The van der Waals surface area contributed by atoms with E-state index in [9.17, 15) is 9.59 Å². The monoisotopic (exact) mass is 253 g/mol. The minimum atomic E-state index is -0.311. The maximum atomic E-state index is 12.0. The summed E-state index contributed by atoms with van der Waals surface area (Å²) in [6, 6.07) is -0.00805. The van der Waals surface area contributed by atoms with Gasteiger partial charge in [0.1, 0.15) is 6.10 Å². The Labute approximate surface area is 107 Å². The van der Waals surface area contributed by atoms with Crippen LogP contribution in [0.4, 0.5) is 4.79 Å². The first-order chi connectivity index (χ1) is 8.63. The summed E-state index contributed by atoms with van der Waals surface area (Å²) >= 11 is 0. The zero-order valence-corrected chi connectivity index (χ0v) is 10.8. The fraction of sp³-hybridized carbons (Fsp3) is 0.692. The van der Waals surface area contributed by atoms with E-state index in [1.807, 2.05) is 6.08 Å². The van der Waals surface area contributed by atoms with Gasteiger partial charge in [0.15, 0.2) is 0 Å². The lowest BCUT2D eigenvalue weighted by Gasteiger charge is -2.45. The Morgan fingerprint density at radius 3 is 2.83 bits per heavy atom. The second kappa shape index (κ2) is 5.42. The van der Waals surface area contributed by atoms with Crippen LogP contribution in [0.5, 0.6) is 0 Å². The molecule has 2 aliphatic rings. The number of hydrogen-bond donors (Lipinski definition) is 0. The predicted molar refractivity (Wildman–Crippen MR) is 65.0 cm³/mol. The number of carbonyl (C=O) groups excluding carboxylic acids is 2. The second-order valence-corrected chi connectivity index (χ2v) is 4.63. The quantitative estimate of drug-likeness (QED) is 0.557. The molecule has 0 aromatic rings. The number of carbonyl (C=O) groups is 2. The summed E-state index contributed by atoms with van der Waals surface area (Å²) in [5.74, 6) is -0.295. The Kier molecular flexibility index (Phi) is 3.89. The summed E-state index contributed by atoms with van der Waals surface area (Å²) in [4.78, 5) is 24.8. The predicted octanol–water partition coefficient (Wildman–Crippen LogP) is 1.87. The van der Waals surface area contributed by atoms with Crippen LogP contribution in [0.25, 0.3) is 0 Å². The number of fused-ring (bicyclic) bond motifs is 2. The first kappa shape index (κ1) is 12.9. The number of nitrogens with zero attached hydrogens (tertiary/aromatic N) is 1. The zero-order valence-electron chi connectivity index (χ0n) is 10.8. The molecule has 3 atom stereocenters. The molecule has 5 heteroatoms. The SMILES string of the molecule is CCOC(=O)N1C2C=CCC1C(OC(C)=O)CC2. The fourth-order valence-electron chi connectivity index (χ4n) is 2.74. The van der Waals surface area contributed by atoms with Crippen molar-refractivity contribution < 1.29 is 19.1 Å². The lowest BCUT2D eigenvalue weighted by Crippen LogP contribution is -2.57. The molecule has 100 valence electrons. The van der Waals surface area contributed by atoms with Crippen LogP contribution in [-0.2, 0) is 14.3 Å². The maximum Gasteiger partial charge on any atom is 0.410 e. The van der Waals surface area contributed by atoms with Crippen molar-refractivity contribution in [2.45, 2.75) is 51.3 Å². The molecule has 0 saturated carbocycles. The minimum Gasteiger partial charge on any atom is -0.460 e. The summed E-state index contributed by atoms with van der Waals surface area (Å²) in [6.07, 6.45) is 5.89. The Bertz CT molecular complexity index is 366. The standard InChI is InChI=1S/C13H19NO4/c1-3-17-13(16)14-10-5-4-6-11(14)12(8-7-10)18-9(2)15/h4-5,10-12H,3,6-8H2,1-2H3. The zero-order chi connectivity index (χ0) is 13.1. The van der Waals surface area contributed by atoms with E-state index in [0.717, 1.165) is 12.8 Å². The van der Waals surface area contributed by atoms with E-state index in [4.69, 9.17) is 9.47 Å². The molecule has 0 radical (unpaired) electrons. The molecule has 2 rings (SSSR count). The molecule has 0 aliphatic carbocycles. The molecule has 1 amide bonds. The molecule has 0 spiro atoms. The Morgan fingerprint density at radius 2 is 2.17 bits per heavy atom. The minimum absolute atomic E-state index is 0.0783. The van der Waals surface area contributed by atoms with Gasteiger partial charge in [-0.3, -0.25) is 9.69 Å². The normalized spacial score (nSPS) is 29.9. The van der Waals surface area contributed by atoms with E-state index < -0.39 is 0 Å². The van der Waals surface area contributed by atoms with Gasteiger partial charge in [-0.2, -0.15) is 0 Å². The van der Waals surface area contributed by atoms with Crippen molar-refractivity contribution >= 4 is 12.1 Å². The number of ether oxygens (including phenoxy) is 2. The molecule has 0 aromatic carbocycles. The molecule has 1 fully saturated rings. The number of piperidine rings is 1. The number of hydrogen-bond acceptors (Lipinski definition) is 4. The van der Waals surface area contributed by atoms with Crippen LogP contribution < -0.4 is 0 Å². The summed E-state index contributed by atoms with van der Waals surface area (Å²) < 4.78 is 10.4. The van der Waals surface area contributed by atoms with Gasteiger partial charge in [0.25, 0.3) is 0 Å². The van der Waals surface area contributed by atoms with Gasteiger partial charge in [0, 0.05) is 6.92 Å². The van der Waals surface area contributed by atoms with E-state index in [0.29, 0.717) is 13.0 Å². The van der Waals surface area contributed by atoms with Gasteiger partial charge in [0.2, 0.25) is 0 Å². The second-order valence-electron chi connectivity index (χ2n) is 4.63. The van der Waals surface area contributed by atoms with Gasteiger partial charge in [0.05, 0.1) is 18.7 Å². The van der Waals surface area contributed by atoms with Crippen molar-refractivity contribution in [3.05, 3.63) is 12.2 Å². The third kappa shape index (κ3) is 2.49. The molecule has 0 aromatic heterocycles. The van der Waals surface area contributed by atoms with Gasteiger partial charge in [-0.1, -0.05) is 12.2 Å². The smallest absolute Gasteiger partial charge is 0.410 e. The molecule has 3 unspecified atom stereocenters. The van der Waals surface area contributed by atoms with Gasteiger partial charge in [-0.25, -0.2) is 4.79 Å². The molecule has 2 bridgehead atoms. The van der Waals surface area contributed by atoms with Gasteiger partial charge >= 0.3 is 12.1 Å². The van der Waals surface area contributed by atoms with E-state index in [2.05, 4.69) is 6.08 Å². The van der Waals surface area contributed by atoms with Crippen LogP contribution in [0, 0.1) is 0 Å².